The van der Waals surface area contributed by atoms with Gasteiger partial charge in [0.1, 0.15) is 6.10 Å². The van der Waals surface area contributed by atoms with E-state index in [2.05, 4.69) is 9.46 Å². The van der Waals surface area contributed by atoms with Crippen molar-refractivity contribution in [2.24, 2.45) is 0 Å². The van der Waals surface area contributed by atoms with Crippen LogP contribution < -0.4 is 4.72 Å². The molecule has 1 aliphatic heterocycles. The maximum atomic E-state index is 13.2. The number of ether oxygens (including phenoxy) is 2. The van der Waals surface area contributed by atoms with Gasteiger partial charge >= 0.3 is 12.1 Å². The number of aryl methyl sites for hydroxylation is 2. The summed E-state index contributed by atoms with van der Waals surface area (Å²) in [5.41, 5.74) is 1.73. The van der Waals surface area contributed by atoms with Crippen molar-refractivity contribution in [3.05, 3.63) is 59.7 Å². The van der Waals surface area contributed by atoms with Crippen LogP contribution in [0.25, 0.3) is 0 Å². The minimum Gasteiger partial charge on any atom is -0.469 e. The number of hydrogen-bond acceptors (Lipinski definition) is 8. The minimum absolute atomic E-state index is 0.0571. The molecule has 0 radical (unpaired) electrons. The lowest BCUT2D eigenvalue weighted by Gasteiger charge is -2.23. The molecule has 1 fully saturated rings. The largest absolute Gasteiger partial charge is 0.469 e. The van der Waals surface area contributed by atoms with Gasteiger partial charge in [0.25, 0.3) is 10.0 Å². The van der Waals surface area contributed by atoms with Gasteiger partial charge < -0.3 is 9.47 Å². The van der Waals surface area contributed by atoms with E-state index in [-0.39, 0.29) is 22.8 Å². The molecular weight excluding hydrogens is 484 g/mol. The molecule has 0 aliphatic carbocycles. The Morgan fingerprint density at radius 3 is 2.03 bits per heavy atom. The Hall–Kier alpha value is -2.96. The Labute approximate surface area is 199 Å². The number of benzene rings is 2. The summed E-state index contributed by atoms with van der Waals surface area (Å²) in [4.78, 5) is 24.5. The van der Waals surface area contributed by atoms with Crippen LogP contribution in [0.3, 0.4) is 0 Å². The smallest absolute Gasteiger partial charge is 0.424 e. The fourth-order valence-corrected chi connectivity index (χ4v) is 6.06. The van der Waals surface area contributed by atoms with Crippen molar-refractivity contribution >= 4 is 32.1 Å². The number of sulfonamides is 2. The van der Waals surface area contributed by atoms with E-state index in [1.807, 2.05) is 6.92 Å². The van der Waals surface area contributed by atoms with Crippen molar-refractivity contribution in [3.8, 4) is 0 Å². The number of methoxy groups -OCH3 is 1. The second-order valence-electron chi connectivity index (χ2n) is 7.88. The van der Waals surface area contributed by atoms with Gasteiger partial charge in [0.05, 0.1) is 29.4 Å². The summed E-state index contributed by atoms with van der Waals surface area (Å²) in [5.74, 6) is -0.738. The number of cyclic esters (lactones) is 1. The molecule has 10 nitrogen and oxygen atoms in total. The summed E-state index contributed by atoms with van der Waals surface area (Å²) in [6.45, 7) is 3.47. The van der Waals surface area contributed by atoms with Crippen LogP contribution in [-0.4, -0.2) is 59.0 Å². The second kappa shape index (κ2) is 10.1. The number of esters is 1. The zero-order valence-corrected chi connectivity index (χ0v) is 20.6. The molecular formula is C22H26N2O8S2. The maximum Gasteiger partial charge on any atom is 0.424 e. The Balaban J connectivity index is 1.80. The standard InChI is InChI=1S/C22H26N2O8S2/c1-15-4-8-17(9-5-15)33(27,28)23-13-12-20-19(14-21(25)31-3)24(22(26)32-20)34(29,30)18-10-6-16(2)7-11-18/h4-11,19-20,23H,12-14H2,1-3H3/t19-,20-/m0/s1. The summed E-state index contributed by atoms with van der Waals surface area (Å²) < 4.78 is 64.3. The van der Waals surface area contributed by atoms with E-state index < -0.39 is 50.7 Å². The molecule has 0 unspecified atom stereocenters. The van der Waals surface area contributed by atoms with Gasteiger partial charge in [-0.15, -0.1) is 0 Å². The van der Waals surface area contributed by atoms with Gasteiger partial charge in [-0.2, -0.15) is 4.31 Å². The second-order valence-corrected chi connectivity index (χ2v) is 11.5. The SMILES string of the molecule is COC(=O)C[C@H]1[C@H](CCNS(=O)(=O)c2ccc(C)cc2)OC(=O)N1S(=O)(=O)c1ccc(C)cc1. The molecule has 184 valence electrons. The highest BCUT2D eigenvalue weighted by atomic mass is 32.2. The maximum absolute atomic E-state index is 13.2. The molecule has 12 heteroatoms. The molecule has 1 heterocycles. The minimum atomic E-state index is -4.33. The molecule has 1 N–H and O–H groups in total. The molecule has 2 aromatic carbocycles. The number of rotatable bonds is 9. The summed E-state index contributed by atoms with van der Waals surface area (Å²) in [5, 5.41) is 0. The monoisotopic (exact) mass is 510 g/mol. The van der Waals surface area contributed by atoms with Crippen LogP contribution in [0.4, 0.5) is 4.79 Å². The number of carbonyl (C=O) groups excluding carboxylic acids is 2. The Kier molecular flexibility index (Phi) is 7.64. The molecule has 2 aromatic rings. The van der Waals surface area contributed by atoms with Gasteiger partial charge in [-0.3, -0.25) is 4.79 Å². The van der Waals surface area contributed by atoms with E-state index in [0.717, 1.165) is 18.2 Å². The lowest BCUT2D eigenvalue weighted by atomic mass is 10.1. The van der Waals surface area contributed by atoms with Gasteiger partial charge in [-0.1, -0.05) is 35.4 Å². The third-order valence-electron chi connectivity index (χ3n) is 5.40. The van der Waals surface area contributed by atoms with Crippen molar-refractivity contribution in [1.82, 2.24) is 9.03 Å². The van der Waals surface area contributed by atoms with Crippen molar-refractivity contribution in [2.45, 2.75) is 48.6 Å². The van der Waals surface area contributed by atoms with Crippen molar-refractivity contribution < 1.29 is 35.9 Å². The van der Waals surface area contributed by atoms with E-state index in [1.165, 1.54) is 24.3 Å². The van der Waals surface area contributed by atoms with E-state index in [4.69, 9.17) is 4.74 Å². The van der Waals surface area contributed by atoms with E-state index in [9.17, 15) is 26.4 Å². The average molecular weight is 511 g/mol. The first-order valence-electron chi connectivity index (χ1n) is 10.4. The van der Waals surface area contributed by atoms with Crippen LogP contribution in [0.1, 0.15) is 24.0 Å². The molecule has 0 bridgehead atoms. The average Bonchev–Trinajstić information content (AvgIpc) is 3.09. The molecule has 1 aliphatic rings. The zero-order valence-electron chi connectivity index (χ0n) is 18.9. The number of hydrogen-bond donors (Lipinski definition) is 1. The Bertz CT molecular complexity index is 1260. The number of carbonyl (C=O) groups is 2. The predicted molar refractivity (Wildman–Crippen MR) is 122 cm³/mol. The Morgan fingerprint density at radius 1 is 0.971 bits per heavy atom. The van der Waals surface area contributed by atoms with E-state index in [1.54, 1.807) is 31.2 Å². The van der Waals surface area contributed by atoms with Gasteiger partial charge in [-0.25, -0.2) is 26.4 Å². The molecule has 0 aromatic heterocycles. The highest BCUT2D eigenvalue weighted by Crippen LogP contribution is 2.31. The fraction of sp³-hybridized carbons (Fsp3) is 0.364. The lowest BCUT2D eigenvalue weighted by Crippen LogP contribution is -2.43. The van der Waals surface area contributed by atoms with Gasteiger partial charge in [0.2, 0.25) is 10.0 Å². The molecule has 0 spiro atoms. The fourth-order valence-electron chi connectivity index (χ4n) is 3.50. The van der Waals surface area contributed by atoms with Crippen LogP contribution in [0, 0.1) is 13.8 Å². The van der Waals surface area contributed by atoms with Crippen LogP contribution in [0.15, 0.2) is 58.3 Å². The summed E-state index contributed by atoms with van der Waals surface area (Å²) >= 11 is 0. The van der Waals surface area contributed by atoms with Crippen molar-refractivity contribution in [2.75, 3.05) is 13.7 Å². The van der Waals surface area contributed by atoms with E-state index >= 15 is 0 Å². The first-order chi connectivity index (χ1) is 16.0. The summed E-state index contributed by atoms with van der Waals surface area (Å²) in [6.07, 6.45) is -2.70. The topological polar surface area (TPSA) is 136 Å². The first kappa shape index (κ1) is 25.7. The zero-order chi connectivity index (χ0) is 25.1. The third-order valence-corrected chi connectivity index (χ3v) is 8.68. The quantitative estimate of drug-likeness (QED) is 0.507. The van der Waals surface area contributed by atoms with Gasteiger partial charge in [0.15, 0.2) is 0 Å². The van der Waals surface area contributed by atoms with Crippen LogP contribution in [-0.2, 0) is 34.3 Å². The highest BCUT2D eigenvalue weighted by Gasteiger charge is 2.49. The van der Waals surface area contributed by atoms with Crippen molar-refractivity contribution in [1.29, 1.82) is 0 Å². The number of amides is 1. The Morgan fingerprint density at radius 2 is 1.50 bits per heavy atom. The van der Waals surface area contributed by atoms with Gasteiger partial charge in [0, 0.05) is 13.0 Å². The first-order valence-corrected chi connectivity index (χ1v) is 13.3. The number of nitrogens with zero attached hydrogens (tertiary/aromatic N) is 1. The molecule has 1 amide bonds. The molecule has 34 heavy (non-hydrogen) atoms. The van der Waals surface area contributed by atoms with Crippen LogP contribution in [0.5, 0.6) is 0 Å². The lowest BCUT2D eigenvalue weighted by molar-refractivity contribution is -0.141. The normalized spacial score (nSPS) is 18.6. The highest BCUT2D eigenvalue weighted by molar-refractivity contribution is 7.90. The molecule has 3 rings (SSSR count). The number of nitrogens with one attached hydrogen (secondary N) is 1. The van der Waals surface area contributed by atoms with Crippen LogP contribution >= 0.6 is 0 Å². The summed E-state index contributed by atoms with van der Waals surface area (Å²) in [6, 6.07) is 10.9. The summed E-state index contributed by atoms with van der Waals surface area (Å²) in [7, 11) is -7.02. The van der Waals surface area contributed by atoms with E-state index in [0.29, 0.717) is 4.31 Å². The van der Waals surface area contributed by atoms with Crippen molar-refractivity contribution in [3.63, 3.8) is 0 Å². The van der Waals surface area contributed by atoms with Crippen LogP contribution in [0.2, 0.25) is 0 Å². The van der Waals surface area contributed by atoms with Gasteiger partial charge in [-0.05, 0) is 38.1 Å². The molecule has 0 saturated carbocycles. The molecule has 1 saturated heterocycles. The third kappa shape index (κ3) is 5.57. The molecule has 2 atom stereocenters. The predicted octanol–water partition coefficient (Wildman–Crippen LogP) is 2.11.